The molecule has 3 N–H and O–H groups in total. The van der Waals surface area contributed by atoms with Crippen molar-refractivity contribution in [3.63, 3.8) is 0 Å². The highest BCUT2D eigenvalue weighted by Gasteiger charge is 2.38. The molecule has 0 spiro atoms. The van der Waals surface area contributed by atoms with E-state index >= 15 is 0 Å². The molecule has 2 atom stereocenters. The number of pyridine rings is 1. The smallest absolute Gasteiger partial charge is 0.475 e. The highest BCUT2D eigenvalue weighted by Crippen LogP contribution is 2.28. The number of carboxylic acids is 1. The van der Waals surface area contributed by atoms with Crippen LogP contribution >= 0.6 is 0 Å². The minimum Gasteiger partial charge on any atom is -0.475 e. The van der Waals surface area contributed by atoms with Gasteiger partial charge in [-0.05, 0) is 36.2 Å². The Bertz CT molecular complexity index is 946. The maximum atomic E-state index is 13.2. The molecule has 2 aromatic rings. The van der Waals surface area contributed by atoms with Crippen LogP contribution in [0, 0.1) is 0 Å². The van der Waals surface area contributed by atoms with Gasteiger partial charge in [-0.2, -0.15) is 26.3 Å². The van der Waals surface area contributed by atoms with E-state index in [1.54, 1.807) is 24.3 Å². The maximum Gasteiger partial charge on any atom is 0.490 e. The summed E-state index contributed by atoms with van der Waals surface area (Å²) in [5, 5.41) is 12.6. The Morgan fingerprint density at radius 1 is 1.09 bits per heavy atom. The van der Waals surface area contributed by atoms with Crippen molar-refractivity contribution < 1.29 is 45.4 Å². The number of benzene rings is 1. The molecular formula is C19H16F7N3O3. The lowest BCUT2D eigenvalue weighted by molar-refractivity contribution is -0.192. The van der Waals surface area contributed by atoms with E-state index in [0.29, 0.717) is 24.7 Å². The molecule has 3 rings (SSSR count). The standard InChI is InChI=1S/C17H15F4N3O.C2HF3O2/c18-13-9-23-14(13)7-10-1-3-12(4-2-10)24-16(25)11-5-6-22-15(8-11)17(19,20)21;3-2(4,5)1(6)7/h1-6,8,13-14,23H,7,9H2,(H,24,25);(H,6,7)/t13-,14-;/m0./s1. The maximum absolute atomic E-state index is 13.2. The molecule has 1 aromatic heterocycles. The van der Waals surface area contributed by atoms with E-state index in [2.05, 4.69) is 15.6 Å². The summed E-state index contributed by atoms with van der Waals surface area (Å²) in [5.74, 6) is -3.42. The quantitative estimate of drug-likeness (QED) is 0.595. The highest BCUT2D eigenvalue weighted by atomic mass is 19.4. The number of aromatic nitrogens is 1. The number of anilines is 1. The summed E-state index contributed by atoms with van der Waals surface area (Å²) in [5.41, 5.74) is 0.0909. The second kappa shape index (κ2) is 9.94. The zero-order chi connectivity index (χ0) is 24.1. The first-order valence-corrected chi connectivity index (χ1v) is 8.88. The van der Waals surface area contributed by atoms with Gasteiger partial charge in [-0.1, -0.05) is 12.1 Å². The summed E-state index contributed by atoms with van der Waals surface area (Å²) >= 11 is 0. The van der Waals surface area contributed by atoms with Crippen LogP contribution in [0.3, 0.4) is 0 Å². The Labute approximate surface area is 176 Å². The van der Waals surface area contributed by atoms with E-state index in [-0.39, 0.29) is 11.6 Å². The molecule has 174 valence electrons. The summed E-state index contributed by atoms with van der Waals surface area (Å²) in [6.45, 7) is 0.366. The van der Waals surface area contributed by atoms with Crippen LogP contribution in [0.1, 0.15) is 21.6 Å². The lowest BCUT2D eigenvalue weighted by atomic mass is 9.96. The Kier molecular flexibility index (Phi) is 7.78. The predicted octanol–water partition coefficient (Wildman–Crippen LogP) is 3.84. The van der Waals surface area contributed by atoms with Gasteiger partial charge in [-0.25, -0.2) is 9.18 Å². The number of alkyl halides is 7. The van der Waals surface area contributed by atoms with Crippen LogP contribution in [0.5, 0.6) is 0 Å². The minimum absolute atomic E-state index is 0.134. The summed E-state index contributed by atoms with van der Waals surface area (Å²) in [6, 6.07) is 8.47. The molecule has 32 heavy (non-hydrogen) atoms. The molecule has 0 saturated carbocycles. The molecule has 1 fully saturated rings. The molecular weight excluding hydrogens is 451 g/mol. The van der Waals surface area contributed by atoms with Gasteiger partial charge in [-0.3, -0.25) is 9.78 Å². The van der Waals surface area contributed by atoms with Gasteiger partial charge in [0.2, 0.25) is 0 Å². The summed E-state index contributed by atoms with van der Waals surface area (Å²) in [4.78, 5) is 24.2. The van der Waals surface area contributed by atoms with Crippen molar-refractivity contribution in [1.82, 2.24) is 10.3 Å². The number of hydrogen-bond acceptors (Lipinski definition) is 4. The highest BCUT2D eigenvalue weighted by molar-refractivity contribution is 6.04. The van der Waals surface area contributed by atoms with Crippen LogP contribution in [0.4, 0.5) is 36.4 Å². The summed E-state index contributed by atoms with van der Waals surface area (Å²) < 4.78 is 82.9. The second-order valence-corrected chi connectivity index (χ2v) is 6.62. The second-order valence-electron chi connectivity index (χ2n) is 6.62. The number of hydrogen-bond donors (Lipinski definition) is 3. The third-order valence-corrected chi connectivity index (χ3v) is 4.23. The lowest BCUT2D eigenvalue weighted by Gasteiger charge is -2.32. The molecule has 0 radical (unpaired) electrons. The SMILES string of the molecule is O=C(Nc1ccc(C[C@@H]2NC[C@@H]2F)cc1)c1ccnc(C(F)(F)F)c1.O=C(O)C(F)(F)F. The van der Waals surface area contributed by atoms with Crippen molar-refractivity contribution >= 4 is 17.6 Å². The fraction of sp³-hybridized carbons (Fsp3) is 0.316. The number of aliphatic carboxylic acids is 1. The van der Waals surface area contributed by atoms with Gasteiger partial charge in [-0.15, -0.1) is 0 Å². The monoisotopic (exact) mass is 467 g/mol. The molecule has 1 aromatic carbocycles. The minimum atomic E-state index is -5.08. The van der Waals surface area contributed by atoms with Crippen LogP contribution in [-0.4, -0.2) is 46.9 Å². The normalized spacial score (nSPS) is 18.1. The van der Waals surface area contributed by atoms with Gasteiger partial charge >= 0.3 is 18.3 Å². The summed E-state index contributed by atoms with van der Waals surface area (Å²) in [6.07, 6.45) is -9.06. The average molecular weight is 467 g/mol. The van der Waals surface area contributed by atoms with Gasteiger partial charge in [0.05, 0.1) is 0 Å². The van der Waals surface area contributed by atoms with Gasteiger partial charge in [0, 0.05) is 30.0 Å². The van der Waals surface area contributed by atoms with Crippen molar-refractivity contribution in [3.8, 4) is 0 Å². The zero-order valence-electron chi connectivity index (χ0n) is 16.0. The number of nitrogens with one attached hydrogen (secondary N) is 2. The van der Waals surface area contributed by atoms with Crippen molar-refractivity contribution in [2.24, 2.45) is 0 Å². The lowest BCUT2D eigenvalue weighted by Crippen LogP contribution is -2.55. The van der Waals surface area contributed by atoms with Crippen LogP contribution in [0.25, 0.3) is 0 Å². The van der Waals surface area contributed by atoms with E-state index in [4.69, 9.17) is 9.90 Å². The number of halogens is 7. The van der Waals surface area contributed by atoms with Gasteiger partial charge < -0.3 is 15.7 Å². The fourth-order valence-corrected chi connectivity index (χ4v) is 2.48. The Morgan fingerprint density at radius 3 is 2.12 bits per heavy atom. The number of carbonyl (C=O) groups is 2. The Morgan fingerprint density at radius 2 is 1.69 bits per heavy atom. The molecule has 0 aliphatic carbocycles. The molecule has 0 unspecified atom stereocenters. The largest absolute Gasteiger partial charge is 0.490 e. The van der Waals surface area contributed by atoms with Gasteiger partial charge in [0.15, 0.2) is 0 Å². The van der Waals surface area contributed by atoms with Crippen molar-refractivity contribution in [2.75, 3.05) is 11.9 Å². The Hall–Kier alpha value is -3.22. The van der Waals surface area contributed by atoms with Crippen molar-refractivity contribution in [2.45, 2.75) is 31.0 Å². The van der Waals surface area contributed by atoms with Crippen LogP contribution in [0.2, 0.25) is 0 Å². The topological polar surface area (TPSA) is 91.3 Å². The molecule has 1 aliphatic heterocycles. The van der Waals surface area contributed by atoms with E-state index in [0.717, 1.165) is 11.8 Å². The average Bonchev–Trinajstić information content (AvgIpc) is 2.71. The molecule has 1 amide bonds. The number of nitrogens with zero attached hydrogens (tertiary/aromatic N) is 1. The van der Waals surface area contributed by atoms with Crippen LogP contribution in [-0.2, 0) is 17.4 Å². The third kappa shape index (κ3) is 7.18. The number of carboxylic acid groups (broad SMARTS) is 1. The van der Waals surface area contributed by atoms with Crippen LogP contribution in [0.15, 0.2) is 42.6 Å². The van der Waals surface area contributed by atoms with E-state index in [9.17, 15) is 35.5 Å². The first-order valence-electron chi connectivity index (χ1n) is 8.88. The summed E-state index contributed by atoms with van der Waals surface area (Å²) in [7, 11) is 0. The number of rotatable bonds is 4. The van der Waals surface area contributed by atoms with E-state index < -0.39 is 36.1 Å². The van der Waals surface area contributed by atoms with Crippen molar-refractivity contribution in [3.05, 3.63) is 59.4 Å². The fourth-order valence-electron chi connectivity index (χ4n) is 2.48. The number of carbonyl (C=O) groups excluding carboxylic acids is 1. The van der Waals surface area contributed by atoms with Gasteiger partial charge in [0.25, 0.3) is 5.91 Å². The first-order chi connectivity index (χ1) is 14.8. The molecule has 2 heterocycles. The number of amides is 1. The Balaban J connectivity index is 0.000000451. The van der Waals surface area contributed by atoms with Crippen LogP contribution < -0.4 is 10.6 Å². The first kappa shape index (κ1) is 25.0. The van der Waals surface area contributed by atoms with Crippen molar-refractivity contribution in [1.29, 1.82) is 0 Å². The zero-order valence-corrected chi connectivity index (χ0v) is 16.0. The molecule has 6 nitrogen and oxygen atoms in total. The van der Waals surface area contributed by atoms with Gasteiger partial charge in [0.1, 0.15) is 11.9 Å². The van der Waals surface area contributed by atoms with E-state index in [1.165, 1.54) is 6.07 Å². The van der Waals surface area contributed by atoms with E-state index in [1.807, 2.05) is 0 Å². The molecule has 13 heteroatoms. The molecule has 1 saturated heterocycles. The third-order valence-electron chi connectivity index (χ3n) is 4.23. The predicted molar refractivity (Wildman–Crippen MR) is 97.7 cm³/mol. The molecule has 0 bridgehead atoms. The molecule has 1 aliphatic rings.